The highest BCUT2D eigenvalue weighted by Gasteiger charge is 2.32. The molecule has 1 aromatic heterocycles. The number of likely N-dealkylation sites (tertiary alicyclic amines) is 3. The van der Waals surface area contributed by atoms with Crippen LogP contribution in [0.3, 0.4) is 0 Å². The Morgan fingerprint density at radius 1 is 0.886 bits per heavy atom. The summed E-state index contributed by atoms with van der Waals surface area (Å²) < 4.78 is 11.1. The van der Waals surface area contributed by atoms with Gasteiger partial charge in [0.05, 0.1) is 26.5 Å². The summed E-state index contributed by atoms with van der Waals surface area (Å²) in [5, 5.41) is 1.30. The number of H-pyrrole nitrogens is 1. The Labute approximate surface area is 263 Å². The normalized spacial score (nSPS) is 22.3. The van der Waals surface area contributed by atoms with Gasteiger partial charge in [-0.1, -0.05) is 26.3 Å². The van der Waals surface area contributed by atoms with E-state index in [9.17, 15) is 4.79 Å². The first kappa shape index (κ1) is 31.0. The number of hydrogen-bond acceptors (Lipinski definition) is 5. The first-order valence-electron chi connectivity index (χ1n) is 17.0. The minimum absolute atomic E-state index is 0.331. The van der Waals surface area contributed by atoms with Crippen molar-refractivity contribution in [2.75, 3.05) is 54.0 Å². The fraction of sp³-hybridized carbons (Fsp3) is 0.595. The van der Waals surface area contributed by atoms with E-state index >= 15 is 0 Å². The highest BCUT2D eigenvalue weighted by atomic mass is 16.5. The molecule has 238 valence electrons. The van der Waals surface area contributed by atoms with Gasteiger partial charge in [-0.25, -0.2) is 0 Å². The van der Waals surface area contributed by atoms with E-state index in [2.05, 4.69) is 70.9 Å². The molecule has 3 aromatic rings. The standard InChI is InChI=1S/C37H52N4O3/c1-25(2)36-31-21-27(11-13-32(31)38-37(36)28-12-14-33(43-4)34(22-28)44-5)26-15-19-40(20-16-26)35(42)24-41-18-7-6-9-30(41)23-29-10-8-17-39(29)3/h11-14,21-22,25-26,29-30,38H,6-10,15-20,23-24H2,1-5H3. The van der Waals surface area contributed by atoms with Crippen molar-refractivity contribution in [3.8, 4) is 22.8 Å². The van der Waals surface area contributed by atoms with Crippen LogP contribution in [0.1, 0.15) is 88.2 Å². The molecule has 44 heavy (non-hydrogen) atoms. The van der Waals surface area contributed by atoms with Crippen LogP contribution in [0.15, 0.2) is 36.4 Å². The summed E-state index contributed by atoms with van der Waals surface area (Å²) in [7, 11) is 5.62. The number of carbonyl (C=O) groups is 1. The Bertz CT molecular complexity index is 1440. The number of amides is 1. The lowest BCUT2D eigenvalue weighted by Gasteiger charge is -2.39. The van der Waals surface area contributed by atoms with Gasteiger partial charge in [0, 0.05) is 41.6 Å². The van der Waals surface area contributed by atoms with Crippen LogP contribution >= 0.6 is 0 Å². The van der Waals surface area contributed by atoms with Crippen molar-refractivity contribution in [1.29, 1.82) is 0 Å². The molecule has 1 N–H and O–H groups in total. The molecule has 0 bridgehead atoms. The molecule has 4 heterocycles. The smallest absolute Gasteiger partial charge is 0.236 e. The topological polar surface area (TPSA) is 61.0 Å². The Balaban J connectivity index is 1.13. The molecule has 1 amide bonds. The van der Waals surface area contributed by atoms with E-state index < -0.39 is 0 Å². The summed E-state index contributed by atoms with van der Waals surface area (Å²) >= 11 is 0. The van der Waals surface area contributed by atoms with E-state index in [4.69, 9.17) is 9.47 Å². The van der Waals surface area contributed by atoms with Gasteiger partial charge >= 0.3 is 0 Å². The van der Waals surface area contributed by atoms with Crippen LogP contribution in [-0.2, 0) is 4.79 Å². The van der Waals surface area contributed by atoms with Crippen LogP contribution in [0, 0.1) is 0 Å². The minimum Gasteiger partial charge on any atom is -0.493 e. The predicted octanol–water partition coefficient (Wildman–Crippen LogP) is 7.02. The van der Waals surface area contributed by atoms with Crippen LogP contribution in [0.4, 0.5) is 0 Å². The predicted molar refractivity (Wildman–Crippen MR) is 179 cm³/mol. The maximum atomic E-state index is 13.5. The number of nitrogens with zero attached hydrogens (tertiary/aromatic N) is 3. The summed E-state index contributed by atoms with van der Waals surface area (Å²) in [5.74, 6) is 2.63. The maximum Gasteiger partial charge on any atom is 0.236 e. The molecular formula is C37H52N4O3. The second-order valence-electron chi connectivity index (χ2n) is 13.7. The Kier molecular flexibility index (Phi) is 9.53. The summed E-state index contributed by atoms with van der Waals surface area (Å²) in [5.41, 5.74) is 6.13. The SMILES string of the molecule is COc1ccc(-c2[nH]c3ccc(C4CCN(C(=O)CN5CCCCC5CC5CCCN5C)CC4)cc3c2C(C)C)cc1OC. The van der Waals surface area contributed by atoms with Gasteiger partial charge in [-0.3, -0.25) is 9.69 Å². The van der Waals surface area contributed by atoms with Crippen LogP contribution in [0.25, 0.3) is 22.2 Å². The molecule has 3 aliphatic heterocycles. The molecule has 2 unspecified atom stereocenters. The number of hydrogen-bond donors (Lipinski definition) is 1. The average Bonchev–Trinajstić information content (AvgIpc) is 3.64. The number of fused-ring (bicyclic) bond motifs is 1. The van der Waals surface area contributed by atoms with E-state index in [0.29, 0.717) is 36.4 Å². The van der Waals surface area contributed by atoms with Gasteiger partial charge in [0.25, 0.3) is 0 Å². The largest absolute Gasteiger partial charge is 0.493 e. The van der Waals surface area contributed by atoms with Crippen molar-refractivity contribution in [2.45, 2.75) is 89.1 Å². The molecule has 3 aliphatic rings. The number of piperidine rings is 2. The molecule has 0 aliphatic carbocycles. The van der Waals surface area contributed by atoms with Crippen molar-refractivity contribution in [3.05, 3.63) is 47.5 Å². The van der Waals surface area contributed by atoms with Gasteiger partial charge in [-0.05, 0) is 118 Å². The number of methoxy groups -OCH3 is 2. The monoisotopic (exact) mass is 600 g/mol. The zero-order valence-electron chi connectivity index (χ0n) is 27.5. The fourth-order valence-corrected chi connectivity index (χ4v) is 8.17. The van der Waals surface area contributed by atoms with Gasteiger partial charge in [-0.2, -0.15) is 0 Å². The van der Waals surface area contributed by atoms with Gasteiger partial charge in [0.15, 0.2) is 11.5 Å². The van der Waals surface area contributed by atoms with E-state index in [1.54, 1.807) is 14.2 Å². The molecular weight excluding hydrogens is 548 g/mol. The molecule has 3 saturated heterocycles. The van der Waals surface area contributed by atoms with Crippen molar-refractivity contribution in [2.24, 2.45) is 0 Å². The molecule has 7 nitrogen and oxygen atoms in total. The zero-order valence-corrected chi connectivity index (χ0v) is 27.5. The number of benzene rings is 2. The highest BCUT2D eigenvalue weighted by Crippen LogP contribution is 2.40. The van der Waals surface area contributed by atoms with E-state index in [1.165, 1.54) is 61.6 Å². The van der Waals surface area contributed by atoms with E-state index in [1.807, 2.05) is 6.07 Å². The minimum atomic E-state index is 0.331. The van der Waals surface area contributed by atoms with Gasteiger partial charge in [0.2, 0.25) is 5.91 Å². The number of carbonyl (C=O) groups excluding carboxylic acids is 1. The summed E-state index contributed by atoms with van der Waals surface area (Å²) in [6.45, 7) is 9.13. The molecule has 0 spiro atoms. The Morgan fingerprint density at radius 2 is 1.66 bits per heavy atom. The molecule has 3 fully saturated rings. The second kappa shape index (κ2) is 13.5. The van der Waals surface area contributed by atoms with Crippen LogP contribution in [-0.4, -0.2) is 91.7 Å². The van der Waals surface area contributed by atoms with Crippen LogP contribution in [0.2, 0.25) is 0 Å². The molecule has 2 aromatic carbocycles. The first-order chi connectivity index (χ1) is 21.4. The third-order valence-corrected chi connectivity index (χ3v) is 10.7. The Morgan fingerprint density at radius 3 is 2.36 bits per heavy atom. The average molecular weight is 601 g/mol. The third kappa shape index (κ3) is 6.36. The Hall–Kier alpha value is -3.03. The molecule has 0 radical (unpaired) electrons. The van der Waals surface area contributed by atoms with E-state index in [-0.39, 0.29) is 0 Å². The van der Waals surface area contributed by atoms with Crippen molar-refractivity contribution >= 4 is 16.8 Å². The van der Waals surface area contributed by atoms with Gasteiger partial charge < -0.3 is 24.3 Å². The number of rotatable bonds is 9. The second-order valence-corrected chi connectivity index (χ2v) is 13.7. The maximum absolute atomic E-state index is 13.5. The van der Waals surface area contributed by atoms with Crippen LogP contribution < -0.4 is 9.47 Å². The van der Waals surface area contributed by atoms with Gasteiger partial charge in [-0.15, -0.1) is 0 Å². The summed E-state index contributed by atoms with van der Waals surface area (Å²) in [6, 6.07) is 14.3. The number of ether oxygens (including phenoxy) is 2. The van der Waals surface area contributed by atoms with Crippen molar-refractivity contribution < 1.29 is 14.3 Å². The third-order valence-electron chi connectivity index (χ3n) is 10.7. The highest BCUT2D eigenvalue weighted by molar-refractivity contribution is 5.92. The van der Waals surface area contributed by atoms with Crippen molar-refractivity contribution in [3.63, 3.8) is 0 Å². The van der Waals surface area contributed by atoms with Gasteiger partial charge in [0.1, 0.15) is 0 Å². The first-order valence-corrected chi connectivity index (χ1v) is 17.0. The molecule has 2 atom stereocenters. The lowest BCUT2D eigenvalue weighted by Crippen LogP contribution is -2.49. The lowest BCUT2D eigenvalue weighted by molar-refractivity contribution is -0.134. The summed E-state index contributed by atoms with van der Waals surface area (Å²) in [6.07, 6.45) is 9.67. The number of aromatic amines is 1. The molecule has 0 saturated carbocycles. The molecule has 6 rings (SSSR count). The fourth-order valence-electron chi connectivity index (χ4n) is 8.17. The van der Waals surface area contributed by atoms with Crippen LogP contribution in [0.5, 0.6) is 11.5 Å². The number of aromatic nitrogens is 1. The van der Waals surface area contributed by atoms with Crippen molar-refractivity contribution in [1.82, 2.24) is 19.7 Å². The van der Waals surface area contributed by atoms with E-state index in [0.717, 1.165) is 60.7 Å². The number of nitrogens with one attached hydrogen (secondary N) is 1. The quantitative estimate of drug-likeness (QED) is 0.286. The summed E-state index contributed by atoms with van der Waals surface area (Å²) in [4.78, 5) is 24.4. The molecule has 7 heteroatoms. The zero-order chi connectivity index (χ0) is 30.8. The lowest BCUT2D eigenvalue weighted by atomic mass is 9.87.